The Morgan fingerprint density at radius 3 is 0.616 bits per heavy atom. The number of anilines is 3. The number of allylic oxidation sites excluding steroid dienone is 3. The first kappa shape index (κ1) is 85.5. The summed E-state index contributed by atoms with van der Waals surface area (Å²) >= 11 is 0. The van der Waals surface area contributed by atoms with Gasteiger partial charge in [-0.15, -0.1) is 0 Å². The molecule has 12 heteroatoms. The van der Waals surface area contributed by atoms with Gasteiger partial charge >= 0.3 is 0 Å². The monoisotopic (exact) mass is 1370 g/mol. The summed E-state index contributed by atoms with van der Waals surface area (Å²) in [6.45, 7) is 44.2. The zero-order valence-electron chi connectivity index (χ0n) is 65.7. The Morgan fingerprint density at radius 1 is 0.253 bits per heavy atom. The Labute approximate surface area is 603 Å². The predicted octanol–water partition coefficient (Wildman–Crippen LogP) is 24.1. The van der Waals surface area contributed by atoms with Crippen LogP contribution in [0.2, 0.25) is 0 Å². The van der Waals surface area contributed by atoms with E-state index in [1.807, 2.05) is 54.6 Å². The zero-order chi connectivity index (χ0) is 72.7. The van der Waals surface area contributed by atoms with Crippen molar-refractivity contribution < 1.29 is 42.8 Å². The number of ketones is 3. The van der Waals surface area contributed by atoms with Crippen LogP contribution < -0.4 is 44.4 Å². The van der Waals surface area contributed by atoms with Crippen LogP contribution in [0.3, 0.4) is 0 Å². The Hall–Kier alpha value is -5.91. The topological polar surface area (TPSA) is 143 Å². The first-order chi connectivity index (χ1) is 47.3. The molecule has 1 aliphatic rings. The fourth-order valence-electron chi connectivity index (χ4n) is 12.4. The second kappa shape index (κ2) is 48.1. The lowest BCUT2D eigenvalue weighted by molar-refractivity contribution is -0.124. The van der Waals surface area contributed by atoms with Crippen LogP contribution in [0.25, 0.3) is 0 Å². The van der Waals surface area contributed by atoms with E-state index in [4.69, 9.17) is 28.4 Å². The second-order valence-corrected chi connectivity index (χ2v) is 32.5. The van der Waals surface area contributed by atoms with E-state index in [2.05, 4.69) is 141 Å². The molecule has 0 spiro atoms. The lowest BCUT2D eigenvalue weighted by atomic mass is 9.84. The third-order valence-corrected chi connectivity index (χ3v) is 19.5. The van der Waals surface area contributed by atoms with Gasteiger partial charge in [0, 0.05) is 53.9 Å². The molecule has 99 heavy (non-hydrogen) atoms. The molecule has 12 nitrogen and oxygen atoms in total. The van der Waals surface area contributed by atoms with Crippen molar-refractivity contribution in [3.05, 3.63) is 89.9 Å². The quantitative estimate of drug-likeness (QED) is 0.0366. The highest BCUT2D eigenvalue weighted by Gasteiger charge is 2.39. The van der Waals surface area contributed by atoms with Crippen molar-refractivity contribution in [3.63, 3.8) is 0 Å². The first-order valence-electron chi connectivity index (χ1n) is 39.5. The van der Waals surface area contributed by atoms with Crippen molar-refractivity contribution >= 4 is 34.4 Å². The lowest BCUT2D eigenvalue weighted by Crippen LogP contribution is -2.33. The number of nitrogens with one attached hydrogen (secondary N) is 3. The lowest BCUT2D eigenvalue weighted by Gasteiger charge is -2.20. The molecule has 3 aromatic rings. The number of Topliss-reactive ketones (excluding diaryl/α,β-unsaturated/α-hetero) is 3. The Kier molecular flexibility index (Phi) is 41.5. The van der Waals surface area contributed by atoms with Gasteiger partial charge in [0.05, 0.1) is 56.4 Å². The van der Waals surface area contributed by atoms with Gasteiger partial charge in [-0.1, -0.05) is 240 Å². The van der Waals surface area contributed by atoms with E-state index in [-0.39, 0.29) is 16.7 Å². The van der Waals surface area contributed by atoms with Gasteiger partial charge in [-0.05, 0) is 146 Å². The van der Waals surface area contributed by atoms with Gasteiger partial charge in [-0.2, -0.15) is 0 Å². The fraction of sp³-hybridized carbons (Fsp3) is 0.690. The summed E-state index contributed by atoms with van der Waals surface area (Å²) in [5.74, 6) is 8.62. The predicted molar refractivity (Wildman–Crippen MR) is 417 cm³/mol. The molecule has 6 atom stereocenters. The highest BCUT2D eigenvalue weighted by atomic mass is 16.5. The minimum Gasteiger partial charge on any atom is -0.490 e. The zero-order valence-corrected chi connectivity index (χ0v) is 65.7. The molecule has 0 radical (unpaired) electrons. The number of carbonyl (C=O) groups excluding carboxylic acids is 3. The van der Waals surface area contributed by atoms with Crippen LogP contribution in [-0.2, 0) is 14.4 Å². The van der Waals surface area contributed by atoms with Gasteiger partial charge < -0.3 is 44.4 Å². The summed E-state index contributed by atoms with van der Waals surface area (Å²) in [6, 6.07) is 16.9. The fourth-order valence-corrected chi connectivity index (χ4v) is 12.4. The molecule has 1 aliphatic carbocycles. The van der Waals surface area contributed by atoms with Crippen LogP contribution in [0.5, 0.6) is 34.5 Å². The van der Waals surface area contributed by atoms with E-state index in [1.54, 1.807) is 0 Å². The summed E-state index contributed by atoms with van der Waals surface area (Å²) in [4.78, 5) is 44.8. The Morgan fingerprint density at radius 2 is 0.434 bits per heavy atom. The van der Waals surface area contributed by atoms with Crippen molar-refractivity contribution in [2.75, 3.05) is 55.6 Å². The van der Waals surface area contributed by atoms with Gasteiger partial charge in [0.25, 0.3) is 0 Å². The van der Waals surface area contributed by atoms with Gasteiger partial charge in [0.1, 0.15) is 0 Å². The van der Waals surface area contributed by atoms with E-state index >= 15 is 0 Å². The van der Waals surface area contributed by atoms with Crippen molar-refractivity contribution in [2.45, 2.75) is 279 Å². The van der Waals surface area contributed by atoms with Gasteiger partial charge in [0.2, 0.25) is 17.3 Å². The number of rotatable bonds is 54. The van der Waals surface area contributed by atoms with Crippen LogP contribution in [0.1, 0.15) is 279 Å². The molecule has 0 aromatic heterocycles. The van der Waals surface area contributed by atoms with E-state index in [0.717, 1.165) is 77.0 Å². The molecule has 1 saturated carbocycles. The molecule has 4 rings (SSSR count). The maximum atomic E-state index is 14.9. The SMILES string of the molecule is CC(C)CCC[C@H](C)CCOc1ccc(NC=C2C(=O)C(=CNc3ccc(OCC[C@@H](C)CCCC(C)C)c(OCC[C@@H](C)CCCC(C)C)c3)C(=O)C(=CNc3ccc(OCC[C@@H](C)CCCC(C)C)c(OCC[C@@H](C)CCCC(C)C)c3)C2=O)cc1OCC[C@@H](C)CCCC(C)C. The molecule has 0 bridgehead atoms. The van der Waals surface area contributed by atoms with Crippen molar-refractivity contribution in [3.8, 4) is 34.5 Å². The number of hydrogen-bond donors (Lipinski definition) is 3. The van der Waals surface area contributed by atoms with Crippen molar-refractivity contribution in [1.82, 2.24) is 0 Å². The average Bonchev–Trinajstić information content (AvgIpc) is 0.846. The molecule has 3 aromatic carbocycles. The highest BCUT2D eigenvalue weighted by molar-refractivity contribution is 6.51. The third-order valence-electron chi connectivity index (χ3n) is 19.5. The standard InChI is InChI=1S/C87H141N3O9/c1-61(2)25-19-31-67(13)43-49-94-79-40-37-73(55-82(79)97-52-46-70(16)34-22-28-64(7)8)88-58-76-85(91)77(59-89-74-38-41-80(95-50-44-68(14)32-20-26-62(3)4)83(56-74)98-53-47-71(17)35-23-29-65(9)10)87(93)78(86(76)92)60-90-75-39-42-81(96-51-45-69(15)33-21-27-63(5)6)84(57-75)99-54-48-72(18)36-24-30-66(11)12/h37-42,55-72,88-90H,19-36,43-54H2,1-18H3/t67-,68-,69-,70-,71-,72-/m0/s1. The largest absolute Gasteiger partial charge is 0.490 e. The highest BCUT2D eigenvalue weighted by Crippen LogP contribution is 2.37. The summed E-state index contributed by atoms with van der Waals surface area (Å²) in [6.07, 6.45) is 31.0. The Balaban J connectivity index is 1.76. The molecule has 0 saturated heterocycles. The van der Waals surface area contributed by atoms with Crippen molar-refractivity contribution in [2.24, 2.45) is 71.0 Å². The molecule has 558 valence electrons. The van der Waals surface area contributed by atoms with Gasteiger partial charge in [-0.25, -0.2) is 0 Å². The van der Waals surface area contributed by atoms with E-state index in [9.17, 15) is 14.4 Å². The molecular weight excluding hydrogens is 1230 g/mol. The van der Waals surface area contributed by atoms with E-state index in [1.165, 1.54) is 95.6 Å². The van der Waals surface area contributed by atoms with Gasteiger partial charge in [0.15, 0.2) is 34.5 Å². The van der Waals surface area contributed by atoms with Crippen LogP contribution in [0.15, 0.2) is 89.9 Å². The number of ether oxygens (including phenoxy) is 6. The van der Waals surface area contributed by atoms with E-state index < -0.39 is 17.3 Å². The average molecular weight is 1370 g/mol. The van der Waals surface area contributed by atoms with Gasteiger partial charge in [-0.3, -0.25) is 14.4 Å². The second-order valence-electron chi connectivity index (χ2n) is 32.5. The maximum absolute atomic E-state index is 14.9. The number of hydrogen-bond acceptors (Lipinski definition) is 12. The minimum absolute atomic E-state index is 0.206. The molecule has 0 heterocycles. The normalized spacial score (nSPS) is 14.7. The summed E-state index contributed by atoms with van der Waals surface area (Å²) in [5.41, 5.74) is 1.14. The van der Waals surface area contributed by atoms with E-state index in [0.29, 0.717) is 162 Å². The van der Waals surface area contributed by atoms with Crippen LogP contribution >= 0.6 is 0 Å². The van der Waals surface area contributed by atoms with Crippen molar-refractivity contribution in [1.29, 1.82) is 0 Å². The molecular formula is C87H141N3O9. The molecule has 0 aliphatic heterocycles. The van der Waals surface area contributed by atoms with Crippen LogP contribution in [-0.4, -0.2) is 57.0 Å². The summed E-state index contributed by atoms with van der Waals surface area (Å²) in [7, 11) is 0. The molecule has 1 fully saturated rings. The van der Waals surface area contributed by atoms with Crippen LogP contribution in [0, 0.1) is 71.0 Å². The number of benzene rings is 3. The molecule has 3 N–H and O–H groups in total. The molecule has 0 unspecified atom stereocenters. The smallest absolute Gasteiger partial charge is 0.203 e. The summed E-state index contributed by atoms with van der Waals surface area (Å²) < 4.78 is 39.1. The van der Waals surface area contributed by atoms with Crippen LogP contribution in [0.4, 0.5) is 17.1 Å². The first-order valence-corrected chi connectivity index (χ1v) is 39.5. The third kappa shape index (κ3) is 36.0. The minimum atomic E-state index is -0.720. The summed E-state index contributed by atoms with van der Waals surface area (Å²) in [5, 5.41) is 9.82. The number of carbonyl (C=O) groups is 3. The molecule has 0 amide bonds. The maximum Gasteiger partial charge on any atom is 0.203 e. The Bertz CT molecular complexity index is 2540.